The SMILES string of the molecule is CCc1ccc(-c2c(CC(=O)O)sc3nc(CC)c(C)n23)cc1. The largest absolute Gasteiger partial charge is 0.481 e. The highest BCUT2D eigenvalue weighted by molar-refractivity contribution is 7.17. The molecular formula is C18H20N2O2S. The van der Waals surface area contributed by atoms with Crippen LogP contribution in [0.15, 0.2) is 24.3 Å². The van der Waals surface area contributed by atoms with E-state index in [-0.39, 0.29) is 6.42 Å². The van der Waals surface area contributed by atoms with Gasteiger partial charge in [0.05, 0.1) is 17.8 Å². The van der Waals surface area contributed by atoms with Crippen molar-refractivity contribution in [3.05, 3.63) is 46.1 Å². The van der Waals surface area contributed by atoms with Crippen molar-refractivity contribution in [2.45, 2.75) is 40.0 Å². The Morgan fingerprint density at radius 2 is 1.91 bits per heavy atom. The van der Waals surface area contributed by atoms with Crippen molar-refractivity contribution in [3.63, 3.8) is 0 Å². The monoisotopic (exact) mass is 328 g/mol. The lowest BCUT2D eigenvalue weighted by Gasteiger charge is -2.07. The Balaban J connectivity index is 2.24. The summed E-state index contributed by atoms with van der Waals surface area (Å²) in [5.41, 5.74) is 5.47. The summed E-state index contributed by atoms with van der Waals surface area (Å²) in [5, 5.41) is 9.23. The number of hydrogen-bond donors (Lipinski definition) is 1. The van der Waals surface area contributed by atoms with Crippen LogP contribution in [0.1, 0.15) is 35.7 Å². The molecule has 0 bridgehead atoms. The fourth-order valence-corrected chi connectivity index (χ4v) is 4.11. The average Bonchev–Trinajstić information content (AvgIpc) is 3.03. The van der Waals surface area contributed by atoms with E-state index >= 15 is 0 Å². The molecule has 2 aromatic heterocycles. The van der Waals surface area contributed by atoms with Crippen molar-refractivity contribution < 1.29 is 9.90 Å². The van der Waals surface area contributed by atoms with E-state index in [4.69, 9.17) is 0 Å². The number of aromatic nitrogens is 2. The van der Waals surface area contributed by atoms with Gasteiger partial charge in [0.1, 0.15) is 0 Å². The second kappa shape index (κ2) is 6.16. The first-order valence-corrected chi connectivity index (χ1v) is 8.67. The summed E-state index contributed by atoms with van der Waals surface area (Å²) in [7, 11) is 0. The molecule has 0 saturated carbocycles. The number of nitrogens with zero attached hydrogens (tertiary/aromatic N) is 2. The lowest BCUT2D eigenvalue weighted by atomic mass is 10.1. The molecule has 0 atom stereocenters. The van der Waals surface area contributed by atoms with Crippen LogP contribution >= 0.6 is 11.3 Å². The summed E-state index contributed by atoms with van der Waals surface area (Å²) in [6, 6.07) is 8.38. The van der Waals surface area contributed by atoms with Crippen molar-refractivity contribution in [3.8, 4) is 11.3 Å². The fourth-order valence-electron chi connectivity index (χ4n) is 2.91. The Kier molecular flexibility index (Phi) is 4.22. The number of thiazole rings is 1. The van der Waals surface area contributed by atoms with Gasteiger partial charge in [0, 0.05) is 10.6 Å². The molecule has 2 heterocycles. The van der Waals surface area contributed by atoms with Crippen LogP contribution in [-0.2, 0) is 24.1 Å². The summed E-state index contributed by atoms with van der Waals surface area (Å²) >= 11 is 1.48. The second-order valence-electron chi connectivity index (χ2n) is 5.61. The van der Waals surface area contributed by atoms with E-state index in [0.717, 1.165) is 45.3 Å². The number of aryl methyl sites for hydroxylation is 3. The molecule has 0 radical (unpaired) electrons. The number of carbonyl (C=O) groups is 1. The van der Waals surface area contributed by atoms with Crippen LogP contribution in [0.3, 0.4) is 0 Å². The third-order valence-electron chi connectivity index (χ3n) is 4.16. The zero-order chi connectivity index (χ0) is 16.6. The van der Waals surface area contributed by atoms with Crippen molar-refractivity contribution in [1.82, 2.24) is 9.38 Å². The fraction of sp³-hybridized carbons (Fsp3) is 0.333. The molecule has 0 aliphatic carbocycles. The molecule has 1 N–H and O–H groups in total. The van der Waals surface area contributed by atoms with Crippen LogP contribution in [0.5, 0.6) is 0 Å². The van der Waals surface area contributed by atoms with E-state index in [0.29, 0.717) is 0 Å². The van der Waals surface area contributed by atoms with Gasteiger partial charge in [-0.1, -0.05) is 38.1 Å². The molecule has 3 rings (SSSR count). The van der Waals surface area contributed by atoms with Crippen LogP contribution in [0, 0.1) is 6.92 Å². The highest BCUT2D eigenvalue weighted by Crippen LogP contribution is 2.34. The molecule has 0 fully saturated rings. The maximum atomic E-state index is 11.2. The molecular weight excluding hydrogens is 308 g/mol. The molecule has 0 spiro atoms. The van der Waals surface area contributed by atoms with Gasteiger partial charge in [0.15, 0.2) is 4.96 Å². The predicted molar refractivity (Wildman–Crippen MR) is 93.3 cm³/mol. The smallest absolute Gasteiger partial charge is 0.308 e. The topological polar surface area (TPSA) is 54.6 Å². The van der Waals surface area contributed by atoms with Crippen molar-refractivity contribution in [2.24, 2.45) is 0 Å². The van der Waals surface area contributed by atoms with E-state index in [9.17, 15) is 9.90 Å². The Bertz CT molecular complexity index is 859. The van der Waals surface area contributed by atoms with E-state index in [1.165, 1.54) is 16.9 Å². The Morgan fingerprint density at radius 3 is 2.48 bits per heavy atom. The summed E-state index contributed by atoms with van der Waals surface area (Å²) < 4.78 is 2.11. The second-order valence-corrected chi connectivity index (χ2v) is 6.67. The average molecular weight is 328 g/mol. The molecule has 120 valence electrons. The zero-order valence-electron chi connectivity index (χ0n) is 13.6. The number of aliphatic carboxylic acids is 1. The van der Waals surface area contributed by atoms with Gasteiger partial charge in [-0.2, -0.15) is 0 Å². The summed E-state index contributed by atoms with van der Waals surface area (Å²) in [6.45, 7) is 6.27. The van der Waals surface area contributed by atoms with Gasteiger partial charge < -0.3 is 5.11 Å². The third kappa shape index (κ3) is 2.77. The van der Waals surface area contributed by atoms with Crippen LogP contribution in [-0.4, -0.2) is 20.5 Å². The summed E-state index contributed by atoms with van der Waals surface area (Å²) in [5.74, 6) is -0.811. The first-order chi connectivity index (χ1) is 11.0. The lowest BCUT2D eigenvalue weighted by Crippen LogP contribution is -2.01. The Morgan fingerprint density at radius 1 is 1.22 bits per heavy atom. The molecule has 5 heteroatoms. The predicted octanol–water partition coefficient (Wildman–Crippen LogP) is 4.12. The highest BCUT2D eigenvalue weighted by atomic mass is 32.1. The third-order valence-corrected chi connectivity index (χ3v) is 5.20. The number of carboxylic acid groups (broad SMARTS) is 1. The van der Waals surface area contributed by atoms with Crippen molar-refractivity contribution in [2.75, 3.05) is 0 Å². The van der Waals surface area contributed by atoms with Crippen LogP contribution in [0.2, 0.25) is 0 Å². The number of fused-ring (bicyclic) bond motifs is 1. The number of hydrogen-bond acceptors (Lipinski definition) is 3. The van der Waals surface area contributed by atoms with Crippen LogP contribution in [0.4, 0.5) is 0 Å². The molecule has 0 unspecified atom stereocenters. The first-order valence-electron chi connectivity index (χ1n) is 7.85. The van der Waals surface area contributed by atoms with E-state index in [1.807, 2.05) is 0 Å². The molecule has 1 aromatic carbocycles. The molecule has 3 aromatic rings. The molecule has 0 saturated heterocycles. The molecule has 0 aliphatic rings. The number of imidazole rings is 1. The molecule has 4 nitrogen and oxygen atoms in total. The van der Waals surface area contributed by atoms with E-state index in [2.05, 4.69) is 54.4 Å². The van der Waals surface area contributed by atoms with Gasteiger partial charge >= 0.3 is 5.97 Å². The zero-order valence-corrected chi connectivity index (χ0v) is 14.4. The van der Waals surface area contributed by atoms with Crippen molar-refractivity contribution in [1.29, 1.82) is 0 Å². The number of benzene rings is 1. The van der Waals surface area contributed by atoms with Crippen LogP contribution < -0.4 is 0 Å². The molecule has 0 aliphatic heterocycles. The van der Waals surface area contributed by atoms with Gasteiger partial charge in [0.2, 0.25) is 0 Å². The summed E-state index contributed by atoms with van der Waals surface area (Å²) in [6.07, 6.45) is 1.90. The van der Waals surface area contributed by atoms with Gasteiger partial charge in [-0.15, -0.1) is 11.3 Å². The van der Waals surface area contributed by atoms with Crippen molar-refractivity contribution >= 4 is 22.3 Å². The molecule has 0 amide bonds. The quantitative estimate of drug-likeness (QED) is 0.766. The standard InChI is InChI=1S/C18H20N2O2S/c1-4-12-6-8-13(9-7-12)17-15(10-16(21)22)23-18-19-14(5-2)11(3)20(17)18/h6-9H,4-5,10H2,1-3H3,(H,21,22). The lowest BCUT2D eigenvalue weighted by molar-refractivity contribution is -0.136. The number of rotatable bonds is 5. The normalized spacial score (nSPS) is 11.3. The Hall–Kier alpha value is -2.14. The first kappa shape index (κ1) is 15.7. The minimum absolute atomic E-state index is 0.0276. The number of carboxylic acids is 1. The maximum absolute atomic E-state index is 11.2. The van der Waals surface area contributed by atoms with E-state index in [1.54, 1.807) is 0 Å². The van der Waals surface area contributed by atoms with Gasteiger partial charge in [-0.3, -0.25) is 9.20 Å². The molecule has 23 heavy (non-hydrogen) atoms. The van der Waals surface area contributed by atoms with Gasteiger partial charge in [-0.25, -0.2) is 4.98 Å². The van der Waals surface area contributed by atoms with Gasteiger partial charge in [0.25, 0.3) is 0 Å². The minimum atomic E-state index is -0.811. The van der Waals surface area contributed by atoms with E-state index < -0.39 is 5.97 Å². The van der Waals surface area contributed by atoms with Crippen LogP contribution in [0.25, 0.3) is 16.2 Å². The minimum Gasteiger partial charge on any atom is -0.481 e. The maximum Gasteiger partial charge on any atom is 0.308 e. The summed E-state index contributed by atoms with van der Waals surface area (Å²) in [4.78, 5) is 17.6. The van der Waals surface area contributed by atoms with Gasteiger partial charge in [-0.05, 0) is 30.9 Å². The Labute approximate surface area is 139 Å². The highest BCUT2D eigenvalue weighted by Gasteiger charge is 2.20.